The van der Waals surface area contributed by atoms with Gasteiger partial charge in [0.1, 0.15) is 0 Å². The van der Waals surface area contributed by atoms with Crippen LogP contribution in [0.5, 0.6) is 0 Å². The molecule has 0 aliphatic rings. The van der Waals surface area contributed by atoms with Gasteiger partial charge in [0.2, 0.25) is 0 Å². The van der Waals surface area contributed by atoms with Gasteiger partial charge in [0, 0.05) is 10.7 Å². The molecule has 80 valence electrons. The van der Waals surface area contributed by atoms with Crippen LogP contribution in [0, 0.1) is 0 Å². The number of thiazole rings is 1. The van der Waals surface area contributed by atoms with E-state index in [9.17, 15) is 8.42 Å². The molecular weight excluding hydrogens is 254 g/mol. The Morgan fingerprint density at radius 3 is 2.80 bits per heavy atom. The number of aryl methyl sites for hydroxylation is 1. The Kier molecular flexibility index (Phi) is 2.70. The Bertz CT molecular complexity index is 604. The van der Waals surface area contributed by atoms with Crippen LogP contribution < -0.4 is 0 Å². The molecule has 0 saturated heterocycles. The van der Waals surface area contributed by atoms with E-state index < -0.39 is 9.05 Å². The summed E-state index contributed by atoms with van der Waals surface area (Å²) in [5.41, 5.74) is 0.693. The van der Waals surface area contributed by atoms with Crippen molar-refractivity contribution in [2.45, 2.75) is 18.2 Å². The minimum atomic E-state index is -3.65. The summed E-state index contributed by atoms with van der Waals surface area (Å²) in [5.74, 6) is 0. The molecule has 3 nitrogen and oxygen atoms in total. The summed E-state index contributed by atoms with van der Waals surface area (Å²) in [7, 11) is 1.59. The topological polar surface area (TPSA) is 47.0 Å². The highest BCUT2D eigenvalue weighted by atomic mass is 35.7. The number of nitrogens with zero attached hydrogens (tertiary/aromatic N) is 1. The van der Waals surface area contributed by atoms with Crippen molar-refractivity contribution in [3.05, 3.63) is 23.2 Å². The van der Waals surface area contributed by atoms with Crippen molar-refractivity contribution >= 4 is 41.3 Å². The summed E-state index contributed by atoms with van der Waals surface area (Å²) in [4.78, 5) is 4.40. The van der Waals surface area contributed by atoms with E-state index in [0.29, 0.717) is 5.52 Å². The van der Waals surface area contributed by atoms with Gasteiger partial charge in [0.15, 0.2) is 0 Å². The van der Waals surface area contributed by atoms with Crippen molar-refractivity contribution in [1.29, 1.82) is 0 Å². The summed E-state index contributed by atoms with van der Waals surface area (Å²) < 4.78 is 23.2. The number of rotatable bonds is 2. The molecule has 0 unspecified atom stereocenters. The molecule has 15 heavy (non-hydrogen) atoms. The van der Waals surface area contributed by atoms with Crippen molar-refractivity contribution in [2.75, 3.05) is 0 Å². The van der Waals surface area contributed by atoms with E-state index in [-0.39, 0.29) is 4.90 Å². The van der Waals surface area contributed by atoms with Crippen molar-refractivity contribution in [1.82, 2.24) is 4.98 Å². The monoisotopic (exact) mass is 261 g/mol. The maximum absolute atomic E-state index is 11.1. The quantitative estimate of drug-likeness (QED) is 0.781. The lowest BCUT2D eigenvalue weighted by molar-refractivity contribution is 0.609. The lowest BCUT2D eigenvalue weighted by Gasteiger charge is -1.94. The molecule has 0 fully saturated rings. The predicted molar refractivity (Wildman–Crippen MR) is 62.0 cm³/mol. The molecule has 0 aliphatic carbocycles. The second-order valence-electron chi connectivity index (χ2n) is 3.03. The standard InChI is InChI=1S/C9H8ClNO2S2/c1-2-9-11-7-5-6(15(10,12)13)3-4-8(7)14-9/h3-5H,2H2,1H3. The van der Waals surface area contributed by atoms with E-state index in [0.717, 1.165) is 16.1 Å². The fourth-order valence-corrected chi connectivity index (χ4v) is 2.92. The van der Waals surface area contributed by atoms with Crippen LogP contribution in [0.15, 0.2) is 23.1 Å². The van der Waals surface area contributed by atoms with Crippen molar-refractivity contribution in [2.24, 2.45) is 0 Å². The average Bonchev–Trinajstić information content (AvgIpc) is 2.57. The molecule has 2 rings (SSSR count). The molecule has 1 aromatic carbocycles. The van der Waals surface area contributed by atoms with Gasteiger partial charge in [-0.05, 0) is 24.6 Å². The molecule has 2 aromatic rings. The van der Waals surface area contributed by atoms with E-state index in [1.54, 1.807) is 17.4 Å². The average molecular weight is 262 g/mol. The van der Waals surface area contributed by atoms with Crippen LogP contribution in [0.4, 0.5) is 0 Å². The highest BCUT2D eigenvalue weighted by Crippen LogP contribution is 2.26. The Labute approximate surface area is 96.1 Å². The molecular formula is C9H8ClNO2S2. The number of fused-ring (bicyclic) bond motifs is 1. The molecule has 1 aromatic heterocycles. The molecule has 0 N–H and O–H groups in total. The number of hydrogen-bond donors (Lipinski definition) is 0. The molecule has 0 atom stereocenters. The van der Waals surface area contributed by atoms with Gasteiger partial charge in [0.05, 0.1) is 20.1 Å². The third kappa shape index (κ3) is 2.14. The molecule has 0 radical (unpaired) electrons. The van der Waals surface area contributed by atoms with Crippen molar-refractivity contribution in [3.63, 3.8) is 0 Å². The predicted octanol–water partition coefficient (Wildman–Crippen LogP) is 2.79. The third-order valence-corrected chi connectivity index (χ3v) is 4.52. The number of benzene rings is 1. The number of hydrogen-bond acceptors (Lipinski definition) is 4. The number of halogens is 1. The van der Waals surface area contributed by atoms with Crippen LogP contribution in [0.1, 0.15) is 11.9 Å². The highest BCUT2D eigenvalue weighted by molar-refractivity contribution is 8.13. The van der Waals surface area contributed by atoms with Crippen LogP contribution in [0.3, 0.4) is 0 Å². The van der Waals surface area contributed by atoms with Gasteiger partial charge in [-0.15, -0.1) is 11.3 Å². The minimum Gasteiger partial charge on any atom is -0.241 e. The second kappa shape index (κ2) is 3.73. The summed E-state index contributed by atoms with van der Waals surface area (Å²) in [6, 6.07) is 4.75. The van der Waals surface area contributed by atoms with E-state index in [1.165, 1.54) is 12.1 Å². The van der Waals surface area contributed by atoms with Gasteiger partial charge in [-0.25, -0.2) is 13.4 Å². The molecule has 6 heteroatoms. The van der Waals surface area contributed by atoms with E-state index in [4.69, 9.17) is 10.7 Å². The Morgan fingerprint density at radius 2 is 2.20 bits per heavy atom. The lowest BCUT2D eigenvalue weighted by Crippen LogP contribution is -1.89. The van der Waals surface area contributed by atoms with Gasteiger partial charge in [0.25, 0.3) is 9.05 Å². The first-order chi connectivity index (χ1) is 7.00. The van der Waals surface area contributed by atoms with Crippen molar-refractivity contribution in [3.8, 4) is 0 Å². The van der Waals surface area contributed by atoms with Crippen LogP contribution >= 0.6 is 22.0 Å². The Balaban J connectivity index is 2.66. The smallest absolute Gasteiger partial charge is 0.241 e. The van der Waals surface area contributed by atoms with Crippen LogP contribution in [0.2, 0.25) is 0 Å². The Morgan fingerprint density at radius 1 is 1.47 bits per heavy atom. The van der Waals surface area contributed by atoms with Gasteiger partial charge >= 0.3 is 0 Å². The first kappa shape index (κ1) is 10.9. The SMILES string of the molecule is CCc1nc2cc(S(=O)(=O)Cl)ccc2s1. The molecule has 0 saturated carbocycles. The largest absolute Gasteiger partial charge is 0.261 e. The molecule has 1 heterocycles. The second-order valence-corrected chi connectivity index (χ2v) is 6.71. The summed E-state index contributed by atoms with van der Waals surface area (Å²) in [5, 5.41) is 0.995. The van der Waals surface area contributed by atoms with Crippen molar-refractivity contribution < 1.29 is 8.42 Å². The zero-order chi connectivity index (χ0) is 11.1. The highest BCUT2D eigenvalue weighted by Gasteiger charge is 2.11. The van der Waals surface area contributed by atoms with E-state index >= 15 is 0 Å². The number of aromatic nitrogens is 1. The molecule has 0 spiro atoms. The van der Waals surface area contributed by atoms with Crippen LogP contribution in [-0.4, -0.2) is 13.4 Å². The fourth-order valence-electron chi connectivity index (χ4n) is 1.26. The fraction of sp³-hybridized carbons (Fsp3) is 0.222. The zero-order valence-electron chi connectivity index (χ0n) is 7.90. The lowest BCUT2D eigenvalue weighted by atomic mass is 10.3. The maximum Gasteiger partial charge on any atom is 0.261 e. The van der Waals surface area contributed by atoms with Gasteiger partial charge in [-0.1, -0.05) is 6.92 Å². The normalized spacial score (nSPS) is 12.1. The van der Waals surface area contributed by atoms with E-state index in [2.05, 4.69) is 4.98 Å². The van der Waals surface area contributed by atoms with Gasteiger partial charge in [-0.2, -0.15) is 0 Å². The summed E-state index contributed by atoms with van der Waals surface area (Å²) in [6.07, 6.45) is 0.850. The third-order valence-electron chi connectivity index (χ3n) is 1.99. The molecule has 0 bridgehead atoms. The minimum absolute atomic E-state index is 0.101. The van der Waals surface area contributed by atoms with Crippen LogP contribution in [0.25, 0.3) is 10.2 Å². The zero-order valence-corrected chi connectivity index (χ0v) is 10.3. The van der Waals surface area contributed by atoms with Gasteiger partial charge in [-0.3, -0.25) is 0 Å². The first-order valence-electron chi connectivity index (χ1n) is 4.35. The first-order valence-corrected chi connectivity index (χ1v) is 7.47. The Hall–Kier alpha value is -0.650. The van der Waals surface area contributed by atoms with Crippen LogP contribution in [-0.2, 0) is 15.5 Å². The maximum atomic E-state index is 11.1. The molecule has 0 aliphatic heterocycles. The molecule has 0 amide bonds. The summed E-state index contributed by atoms with van der Waals surface area (Å²) >= 11 is 1.57. The van der Waals surface area contributed by atoms with E-state index in [1.807, 2.05) is 6.92 Å². The van der Waals surface area contributed by atoms with Gasteiger partial charge < -0.3 is 0 Å². The summed E-state index contributed by atoms with van der Waals surface area (Å²) in [6.45, 7) is 2.01.